The van der Waals surface area contributed by atoms with Crippen LogP contribution >= 0.6 is 11.8 Å². The first-order valence-corrected chi connectivity index (χ1v) is 31.8. The van der Waals surface area contributed by atoms with Gasteiger partial charge in [0.15, 0.2) is 29.2 Å². The number of carbonyl (C=O) groups is 14. The molecule has 18 N–H and O–H groups in total. The summed E-state index contributed by atoms with van der Waals surface area (Å²) >= 11 is 0.522. The molecule has 8 atom stereocenters. The molecule has 1 heterocycles. The summed E-state index contributed by atoms with van der Waals surface area (Å²) in [6.07, 6.45) is -4.07. The minimum absolute atomic E-state index is 0.120. The number of nitrogens with one attached hydrogen (secondary N) is 10. The second-order valence-corrected chi connectivity index (χ2v) is 25.3. The summed E-state index contributed by atoms with van der Waals surface area (Å²) in [4.78, 5) is 193. The second-order valence-electron chi connectivity index (χ2n) is 24.3. The molecule has 0 bridgehead atoms. The topological polar surface area (TPSA) is 492 Å². The molecule has 3 aromatic carbocycles. The quantitative estimate of drug-likeness (QED) is 0.0340. The number of carboxylic acids is 2. The van der Waals surface area contributed by atoms with Gasteiger partial charge >= 0.3 is 11.9 Å². The Balaban J connectivity index is 1.63. The number of halogens is 5. The van der Waals surface area contributed by atoms with Crippen molar-refractivity contribution < 1.29 is 110 Å². The lowest BCUT2D eigenvalue weighted by Crippen LogP contribution is -2.66. The fourth-order valence-electron chi connectivity index (χ4n) is 10.6. The number of carbonyl (C=O) groups excluding carboxylic acids is 12. The maximum absolute atomic E-state index is 15.4. The summed E-state index contributed by atoms with van der Waals surface area (Å²) in [6, 6.07) is -5.20. The fourth-order valence-corrected chi connectivity index (χ4v) is 11.4. The van der Waals surface area contributed by atoms with Crippen molar-refractivity contribution in [2.75, 3.05) is 18.1 Å². The van der Waals surface area contributed by atoms with Crippen LogP contribution in [0.5, 0.6) is 11.5 Å². The van der Waals surface area contributed by atoms with Gasteiger partial charge in [-0.05, 0) is 66.5 Å². The first-order chi connectivity index (χ1) is 46.0. The van der Waals surface area contributed by atoms with Gasteiger partial charge in [0, 0.05) is 37.0 Å². The smallest absolute Gasteiger partial charge is 0.317 e. The highest BCUT2D eigenvalue weighted by molar-refractivity contribution is 8.00. The highest BCUT2D eigenvalue weighted by atomic mass is 32.2. The van der Waals surface area contributed by atoms with Crippen LogP contribution < -0.4 is 64.6 Å². The zero-order valence-electron chi connectivity index (χ0n) is 53.3. The van der Waals surface area contributed by atoms with Crippen LogP contribution in [0.2, 0.25) is 0 Å². The number of amides is 12. The number of primary amides is 2. The van der Waals surface area contributed by atoms with Crippen LogP contribution in [0.1, 0.15) is 95.8 Å². The molecule has 12 amide bonds. The number of thioether (sulfide) groups is 1. The summed E-state index contributed by atoms with van der Waals surface area (Å²) in [7, 11) is 0. The monoisotopic (exact) mass is 1400 g/mol. The summed E-state index contributed by atoms with van der Waals surface area (Å²) < 4.78 is 74.4. The zero-order valence-corrected chi connectivity index (χ0v) is 54.1. The third-order valence-electron chi connectivity index (χ3n) is 15.8. The number of phenols is 2. The van der Waals surface area contributed by atoms with E-state index in [0.717, 1.165) is 12.1 Å². The number of phenolic OH excluding ortho intramolecular Hbond substituents is 2. The first-order valence-electron chi connectivity index (χ1n) is 30.7. The summed E-state index contributed by atoms with van der Waals surface area (Å²) in [5.74, 6) is -37.0. The predicted molar refractivity (Wildman–Crippen MR) is 334 cm³/mol. The summed E-state index contributed by atoms with van der Waals surface area (Å²) in [6.45, 7) is 4.83. The molecular formula is C62H77F5N12O18S. The number of aliphatic carboxylic acids is 2. The van der Waals surface area contributed by atoms with Gasteiger partial charge in [0.25, 0.3) is 0 Å². The molecule has 1 saturated heterocycles. The van der Waals surface area contributed by atoms with Gasteiger partial charge in [-0.15, -0.1) is 11.8 Å². The van der Waals surface area contributed by atoms with Crippen molar-refractivity contribution in [1.82, 2.24) is 53.2 Å². The molecule has 2 aliphatic rings. The normalized spacial score (nSPS) is 22.8. The third kappa shape index (κ3) is 22.5. The van der Waals surface area contributed by atoms with Gasteiger partial charge in [-0.3, -0.25) is 67.1 Å². The fraction of sp³-hybridized carbons (Fsp3) is 0.484. The molecule has 0 unspecified atom stereocenters. The lowest BCUT2D eigenvalue weighted by molar-refractivity contribution is -0.155. The third-order valence-corrected chi connectivity index (χ3v) is 16.9. The van der Waals surface area contributed by atoms with E-state index in [0.29, 0.717) is 23.7 Å². The van der Waals surface area contributed by atoms with Gasteiger partial charge in [-0.2, -0.15) is 0 Å². The number of benzene rings is 3. The lowest BCUT2D eigenvalue weighted by Gasteiger charge is -2.39. The number of hydrogen-bond donors (Lipinski definition) is 16. The second kappa shape index (κ2) is 35.7. The van der Waals surface area contributed by atoms with E-state index in [1.807, 2.05) is 5.32 Å². The van der Waals surface area contributed by atoms with Crippen LogP contribution in [0.4, 0.5) is 22.0 Å². The summed E-state index contributed by atoms with van der Waals surface area (Å²) in [5.41, 5.74) is 8.04. The van der Waals surface area contributed by atoms with E-state index in [-0.39, 0.29) is 55.6 Å². The molecule has 5 rings (SSSR count). The van der Waals surface area contributed by atoms with Gasteiger partial charge in [0.05, 0.1) is 18.7 Å². The lowest BCUT2D eigenvalue weighted by atomic mass is 9.80. The Kier molecular flexibility index (Phi) is 28.6. The van der Waals surface area contributed by atoms with Crippen molar-refractivity contribution in [1.29, 1.82) is 0 Å². The van der Waals surface area contributed by atoms with Gasteiger partial charge in [-0.1, -0.05) is 71.2 Å². The average molecular weight is 1410 g/mol. The van der Waals surface area contributed by atoms with Crippen LogP contribution in [0.25, 0.3) is 0 Å². The van der Waals surface area contributed by atoms with Gasteiger partial charge in [-0.25, -0.2) is 22.0 Å². The van der Waals surface area contributed by atoms with Crippen LogP contribution in [-0.4, -0.2) is 175 Å². The Morgan fingerprint density at radius 1 is 0.531 bits per heavy atom. The van der Waals surface area contributed by atoms with Crippen molar-refractivity contribution in [2.24, 2.45) is 29.2 Å². The van der Waals surface area contributed by atoms with E-state index in [2.05, 4.69) is 47.9 Å². The maximum Gasteiger partial charge on any atom is 0.317 e. The summed E-state index contributed by atoms with van der Waals surface area (Å²) in [5, 5.41) is 63.1. The van der Waals surface area contributed by atoms with E-state index in [1.165, 1.54) is 50.2 Å². The average Bonchev–Trinajstić information content (AvgIpc) is 0.801. The Bertz CT molecular complexity index is 3470. The molecule has 36 heteroatoms. The molecule has 2 fully saturated rings. The minimum atomic E-state index is -2.60. The molecule has 1 aliphatic heterocycles. The molecule has 0 radical (unpaired) electrons. The van der Waals surface area contributed by atoms with E-state index in [9.17, 15) is 101 Å². The zero-order chi connectivity index (χ0) is 73.0. The van der Waals surface area contributed by atoms with Crippen molar-refractivity contribution in [2.45, 2.75) is 152 Å². The number of carboxylic acid groups (broad SMARTS) is 2. The standard InChI is InChI=1S/C62H77F5N12O18S/c1-27(2)18-35-52(86)75-37(20-30-10-14-32(81)15-11-30)57(91)79-62(16-6-5-7-17-62)61(97)77-40(23-42(68)82)56(90)78-50(28(3)4)58(92)70-24-43(83)71-38(21-33-45(63)47(65)49(67)48(66)46(33)64)54(88)74-36(19-29-8-12-31(80)13-9-29)53(87)76-41(51(69)85)25-98-26-44(84)72-39(55(89)73-35)22-34(59(93)94)60(95)96/h8-15,27-28,34-41,50,80-81H,5-7,16-26H2,1-4H3,(H2,68,82)(H2,69,85)(H,70,92)(H,71,83)(H,72,84)(H,73,89)(H,74,88)(H,75,86)(H,76,87)(H,77,97)(H,78,90)(H,79,91)(H,93,94)(H,95,96)/t35-,36+,37+,38-,39+,40+,41+,50-/m1/s1. The van der Waals surface area contributed by atoms with Gasteiger partial charge < -0.3 is 85.1 Å². The van der Waals surface area contributed by atoms with Crippen LogP contribution in [0.15, 0.2) is 48.5 Å². The van der Waals surface area contributed by atoms with Crippen molar-refractivity contribution in [3.05, 3.63) is 94.3 Å². The Morgan fingerprint density at radius 3 is 1.47 bits per heavy atom. The van der Waals surface area contributed by atoms with E-state index in [1.54, 1.807) is 13.8 Å². The van der Waals surface area contributed by atoms with E-state index >= 15 is 8.78 Å². The number of nitrogens with two attached hydrogens (primary N) is 2. The van der Waals surface area contributed by atoms with E-state index in [4.69, 9.17) is 11.5 Å². The van der Waals surface area contributed by atoms with Crippen LogP contribution in [-0.2, 0) is 86.4 Å². The molecule has 0 aromatic heterocycles. The molecule has 1 saturated carbocycles. The molecule has 98 heavy (non-hydrogen) atoms. The number of aromatic hydroxyl groups is 2. The predicted octanol–water partition coefficient (Wildman–Crippen LogP) is -1.38. The van der Waals surface area contributed by atoms with Crippen molar-refractivity contribution in [3.8, 4) is 11.5 Å². The Morgan fingerprint density at radius 2 is 0.980 bits per heavy atom. The van der Waals surface area contributed by atoms with Gasteiger partial charge in [0.1, 0.15) is 65.4 Å². The van der Waals surface area contributed by atoms with E-state index < -0.39 is 233 Å². The van der Waals surface area contributed by atoms with Crippen LogP contribution in [0, 0.1) is 46.8 Å². The van der Waals surface area contributed by atoms with Crippen LogP contribution in [0.3, 0.4) is 0 Å². The van der Waals surface area contributed by atoms with Crippen molar-refractivity contribution in [3.63, 3.8) is 0 Å². The molecule has 30 nitrogen and oxygen atoms in total. The largest absolute Gasteiger partial charge is 0.508 e. The molecule has 3 aromatic rings. The first kappa shape index (κ1) is 78.5. The Labute approximate surface area is 560 Å². The minimum Gasteiger partial charge on any atom is -0.508 e. The number of rotatable bonds is 16. The Hall–Kier alpha value is -10.2. The van der Waals surface area contributed by atoms with Gasteiger partial charge in [0.2, 0.25) is 76.7 Å². The molecule has 1 aliphatic carbocycles. The molecule has 534 valence electrons. The highest BCUT2D eigenvalue weighted by Gasteiger charge is 2.45. The maximum atomic E-state index is 15.4. The molecule has 1 spiro atoms. The number of hydrogen-bond acceptors (Lipinski definition) is 17. The molecular weight excluding hydrogens is 1330 g/mol. The van der Waals surface area contributed by atoms with Crippen molar-refractivity contribution >= 4 is 94.6 Å². The highest BCUT2D eigenvalue weighted by Crippen LogP contribution is 2.30. The SMILES string of the molecule is CC(C)C[C@H]1NC(=O)[C@H](CC(C(=O)O)C(=O)O)NC(=O)CSC[C@@H](C(N)=O)NC(=O)[C@H](Cc2ccc(O)cc2)NC(=O)[C@@H](Cc2c(F)c(F)c(F)c(F)c2F)NC(=O)CNC(=O)[C@@H](C(C)C)NC(=O)[C@H](CC(N)=O)NC(=O)C2(CCCCC2)NC(=O)[C@H](Cc2ccc(O)cc2)NC1=O.